The van der Waals surface area contributed by atoms with E-state index < -0.39 is 0 Å². The van der Waals surface area contributed by atoms with Crippen molar-refractivity contribution < 1.29 is 14.3 Å². The van der Waals surface area contributed by atoms with Crippen LogP contribution >= 0.6 is 11.8 Å². The highest BCUT2D eigenvalue weighted by Crippen LogP contribution is 2.19. The highest BCUT2D eigenvalue weighted by Gasteiger charge is 2.10. The number of hydrogen-bond donors (Lipinski definition) is 1. The standard InChI is InChI=1S/C20H24N2O3S/c1-3-16-4-7-18(21-13-16)10-11-25-19-8-5-17(6-9-19)12-15(2)26-20(24)22-14-23/h4-9,13-15H,3,10-12H2,1-2H3,(H,22,23,24). The number of carbonyl (C=O) groups excluding carboxylic acids is 2. The van der Waals surface area contributed by atoms with Gasteiger partial charge in [0.1, 0.15) is 5.75 Å². The molecule has 5 nitrogen and oxygen atoms in total. The first-order valence-corrected chi connectivity index (χ1v) is 9.55. The fourth-order valence-electron chi connectivity index (χ4n) is 2.45. The van der Waals surface area contributed by atoms with Gasteiger partial charge in [0.05, 0.1) is 6.61 Å². The van der Waals surface area contributed by atoms with Gasteiger partial charge in [-0.25, -0.2) is 0 Å². The fraction of sp³-hybridized carbons (Fsp3) is 0.350. The number of carbonyl (C=O) groups is 2. The van der Waals surface area contributed by atoms with Crippen LogP contribution in [-0.2, 0) is 24.1 Å². The lowest BCUT2D eigenvalue weighted by atomic mass is 10.1. The van der Waals surface area contributed by atoms with Crippen LogP contribution in [0.1, 0.15) is 30.7 Å². The van der Waals surface area contributed by atoms with Crippen molar-refractivity contribution >= 4 is 23.4 Å². The first-order chi connectivity index (χ1) is 12.6. The summed E-state index contributed by atoms with van der Waals surface area (Å²) in [5, 5.41) is 1.89. The van der Waals surface area contributed by atoms with Gasteiger partial charge < -0.3 is 4.74 Å². The molecule has 0 saturated carbocycles. The minimum atomic E-state index is -0.326. The predicted molar refractivity (Wildman–Crippen MR) is 105 cm³/mol. The smallest absolute Gasteiger partial charge is 0.285 e. The van der Waals surface area contributed by atoms with Crippen molar-refractivity contribution in [2.75, 3.05) is 6.61 Å². The van der Waals surface area contributed by atoms with Gasteiger partial charge in [0.15, 0.2) is 0 Å². The summed E-state index contributed by atoms with van der Waals surface area (Å²) in [6.45, 7) is 4.65. The fourth-order valence-corrected chi connectivity index (χ4v) is 3.20. The largest absolute Gasteiger partial charge is 0.493 e. The van der Waals surface area contributed by atoms with Crippen LogP contribution in [0.5, 0.6) is 5.75 Å². The van der Waals surface area contributed by atoms with Gasteiger partial charge in [-0.3, -0.25) is 19.9 Å². The molecule has 0 aliphatic rings. The Kier molecular flexibility index (Phi) is 8.15. The number of nitrogens with one attached hydrogen (secondary N) is 1. The van der Waals surface area contributed by atoms with Gasteiger partial charge in [-0.05, 0) is 42.2 Å². The zero-order valence-corrected chi connectivity index (χ0v) is 15.9. The van der Waals surface area contributed by atoms with Crippen LogP contribution in [0.15, 0.2) is 42.6 Å². The number of aryl methyl sites for hydroxylation is 1. The maximum Gasteiger partial charge on any atom is 0.285 e. The first-order valence-electron chi connectivity index (χ1n) is 8.67. The molecule has 0 saturated heterocycles. The summed E-state index contributed by atoms with van der Waals surface area (Å²) in [7, 11) is 0. The van der Waals surface area contributed by atoms with E-state index in [1.54, 1.807) is 0 Å². The maximum absolute atomic E-state index is 11.4. The average Bonchev–Trinajstić information content (AvgIpc) is 2.64. The van der Waals surface area contributed by atoms with Crippen molar-refractivity contribution in [3.8, 4) is 5.75 Å². The van der Waals surface area contributed by atoms with E-state index in [1.807, 2.05) is 43.5 Å². The number of imide groups is 1. The van der Waals surface area contributed by atoms with Gasteiger partial charge in [0, 0.05) is 23.6 Å². The third-order valence-electron chi connectivity index (χ3n) is 3.85. The molecular weight excluding hydrogens is 348 g/mol. The van der Waals surface area contributed by atoms with E-state index in [4.69, 9.17) is 4.74 Å². The second kappa shape index (κ2) is 10.6. The number of nitrogens with zero attached hydrogens (tertiary/aromatic N) is 1. The Bertz CT molecular complexity index is 702. The summed E-state index contributed by atoms with van der Waals surface area (Å²) >= 11 is 1.12. The molecule has 1 unspecified atom stereocenters. The van der Waals surface area contributed by atoms with Gasteiger partial charge in [-0.2, -0.15) is 0 Å². The SMILES string of the molecule is CCc1ccc(CCOc2ccc(CC(C)SC(=O)NC=O)cc2)nc1. The van der Waals surface area contributed by atoms with Crippen LogP contribution in [0, 0.1) is 0 Å². The minimum Gasteiger partial charge on any atom is -0.493 e. The molecule has 1 N–H and O–H groups in total. The molecule has 26 heavy (non-hydrogen) atoms. The molecule has 2 amide bonds. The van der Waals surface area contributed by atoms with Crippen molar-refractivity contribution in [3.05, 3.63) is 59.4 Å². The molecule has 2 aromatic rings. The van der Waals surface area contributed by atoms with Crippen LogP contribution in [0.3, 0.4) is 0 Å². The van der Waals surface area contributed by atoms with Crippen molar-refractivity contribution in [3.63, 3.8) is 0 Å². The van der Waals surface area contributed by atoms with Gasteiger partial charge in [-0.15, -0.1) is 0 Å². The molecule has 0 spiro atoms. The first kappa shape index (κ1) is 20.0. The van der Waals surface area contributed by atoms with E-state index in [0.29, 0.717) is 13.0 Å². The Morgan fingerprint density at radius 1 is 1.23 bits per heavy atom. The maximum atomic E-state index is 11.4. The molecular formula is C20H24N2O3S. The third-order valence-corrected chi connectivity index (χ3v) is 4.75. The molecule has 1 atom stereocenters. The second-order valence-corrected chi connectivity index (χ2v) is 7.35. The molecule has 138 valence electrons. The zero-order chi connectivity index (χ0) is 18.8. The summed E-state index contributed by atoms with van der Waals surface area (Å²) in [5.41, 5.74) is 3.38. The average molecular weight is 372 g/mol. The van der Waals surface area contributed by atoms with E-state index in [9.17, 15) is 9.59 Å². The van der Waals surface area contributed by atoms with Crippen LogP contribution in [-0.4, -0.2) is 28.5 Å². The highest BCUT2D eigenvalue weighted by atomic mass is 32.2. The third kappa shape index (κ3) is 6.88. The van der Waals surface area contributed by atoms with E-state index in [2.05, 4.69) is 23.3 Å². The quantitative estimate of drug-likeness (QED) is 0.678. The lowest BCUT2D eigenvalue weighted by molar-refractivity contribution is -0.108. The Labute approximate surface area is 158 Å². The minimum absolute atomic E-state index is 0.0823. The van der Waals surface area contributed by atoms with Crippen LogP contribution in [0.2, 0.25) is 0 Å². The molecule has 1 heterocycles. The van der Waals surface area contributed by atoms with Gasteiger partial charge in [-0.1, -0.05) is 43.8 Å². The topological polar surface area (TPSA) is 68.3 Å². The Morgan fingerprint density at radius 2 is 1.96 bits per heavy atom. The van der Waals surface area contributed by atoms with Crippen LogP contribution < -0.4 is 10.1 Å². The molecule has 0 radical (unpaired) electrons. The van der Waals surface area contributed by atoms with Gasteiger partial charge in [0.2, 0.25) is 6.41 Å². The van der Waals surface area contributed by atoms with E-state index in [-0.39, 0.29) is 10.5 Å². The number of hydrogen-bond acceptors (Lipinski definition) is 5. The predicted octanol–water partition coefficient (Wildman–Crippen LogP) is 3.80. The summed E-state index contributed by atoms with van der Waals surface area (Å²) in [6.07, 6.45) is 4.83. The van der Waals surface area contributed by atoms with E-state index in [0.717, 1.165) is 48.0 Å². The number of aromatic nitrogens is 1. The van der Waals surface area contributed by atoms with Crippen molar-refractivity contribution in [2.24, 2.45) is 0 Å². The van der Waals surface area contributed by atoms with Crippen molar-refractivity contribution in [1.29, 1.82) is 0 Å². The number of pyridine rings is 1. The van der Waals surface area contributed by atoms with E-state index in [1.165, 1.54) is 5.56 Å². The summed E-state index contributed by atoms with van der Waals surface area (Å²) < 4.78 is 5.77. The lowest BCUT2D eigenvalue weighted by Crippen LogP contribution is -2.19. The zero-order valence-electron chi connectivity index (χ0n) is 15.1. The van der Waals surface area contributed by atoms with Gasteiger partial charge >= 0.3 is 0 Å². The summed E-state index contributed by atoms with van der Waals surface area (Å²) in [6, 6.07) is 12.0. The number of benzene rings is 1. The monoisotopic (exact) mass is 372 g/mol. The molecule has 1 aromatic carbocycles. The number of thioether (sulfide) groups is 1. The second-order valence-electron chi connectivity index (χ2n) is 5.94. The van der Waals surface area contributed by atoms with E-state index >= 15 is 0 Å². The Morgan fingerprint density at radius 3 is 2.58 bits per heavy atom. The van der Waals surface area contributed by atoms with Gasteiger partial charge in [0.25, 0.3) is 5.24 Å². The van der Waals surface area contributed by atoms with Crippen molar-refractivity contribution in [2.45, 2.75) is 38.4 Å². The Hall–Kier alpha value is -2.34. The normalized spacial score (nSPS) is 11.6. The number of rotatable bonds is 9. The molecule has 0 bridgehead atoms. The summed E-state index contributed by atoms with van der Waals surface area (Å²) in [4.78, 5) is 26.0. The molecule has 2 rings (SSSR count). The summed E-state index contributed by atoms with van der Waals surface area (Å²) in [5.74, 6) is 0.818. The van der Waals surface area contributed by atoms with Crippen molar-refractivity contribution in [1.82, 2.24) is 10.3 Å². The number of amides is 2. The van der Waals surface area contributed by atoms with Crippen LogP contribution in [0.25, 0.3) is 0 Å². The lowest BCUT2D eigenvalue weighted by Gasteiger charge is -2.11. The Balaban J connectivity index is 1.75. The molecule has 0 fully saturated rings. The highest BCUT2D eigenvalue weighted by molar-refractivity contribution is 8.14. The van der Waals surface area contributed by atoms with Crippen LogP contribution in [0.4, 0.5) is 4.79 Å². The molecule has 1 aromatic heterocycles. The number of ether oxygens (including phenoxy) is 1. The molecule has 0 aliphatic carbocycles. The molecule has 0 aliphatic heterocycles. The molecule has 6 heteroatoms.